The number of hydrogen-bond acceptors (Lipinski definition) is 4. The van der Waals surface area contributed by atoms with E-state index in [1.807, 2.05) is 0 Å². The summed E-state index contributed by atoms with van der Waals surface area (Å²) in [6, 6.07) is 8.73. The van der Waals surface area contributed by atoms with Gasteiger partial charge in [0.15, 0.2) is 5.82 Å². The molecule has 4 aromatic rings. The Labute approximate surface area is 156 Å². The minimum absolute atomic E-state index is 0.0563. The van der Waals surface area contributed by atoms with E-state index < -0.39 is 11.7 Å². The van der Waals surface area contributed by atoms with Gasteiger partial charge < -0.3 is 10.7 Å². The zero-order valence-electron chi connectivity index (χ0n) is 13.5. The Morgan fingerprint density at radius 2 is 1.89 bits per heavy atom. The molecule has 0 radical (unpaired) electrons. The third-order valence-electron chi connectivity index (χ3n) is 3.98. The highest BCUT2D eigenvalue weighted by molar-refractivity contribution is 6.33. The third-order valence-corrected chi connectivity index (χ3v) is 4.29. The quantitative estimate of drug-likeness (QED) is 0.476. The van der Waals surface area contributed by atoms with E-state index in [-0.39, 0.29) is 16.7 Å². The number of aromatic nitrogens is 4. The van der Waals surface area contributed by atoms with Crippen LogP contribution in [0.1, 0.15) is 5.56 Å². The van der Waals surface area contributed by atoms with E-state index in [1.54, 1.807) is 36.7 Å². The summed E-state index contributed by atoms with van der Waals surface area (Å²) in [6.07, 6.45) is -1.30. The lowest BCUT2D eigenvalue weighted by atomic mass is 10.1. The molecule has 27 heavy (non-hydrogen) atoms. The zero-order valence-corrected chi connectivity index (χ0v) is 14.3. The van der Waals surface area contributed by atoms with Crippen LogP contribution in [-0.4, -0.2) is 19.9 Å². The lowest BCUT2D eigenvalue weighted by Crippen LogP contribution is -2.05. The number of nitrogen functional groups attached to an aromatic ring is 1. The number of benzene rings is 1. The summed E-state index contributed by atoms with van der Waals surface area (Å²) in [6.45, 7) is 0. The van der Waals surface area contributed by atoms with Gasteiger partial charge in [0.2, 0.25) is 0 Å². The third kappa shape index (κ3) is 3.19. The molecule has 5 nitrogen and oxygen atoms in total. The molecule has 0 fully saturated rings. The van der Waals surface area contributed by atoms with Crippen LogP contribution in [0.5, 0.6) is 0 Å². The van der Waals surface area contributed by atoms with Gasteiger partial charge in [-0.3, -0.25) is 9.97 Å². The standard InChI is InChI=1S/C18H11ClF3N5/c19-11-2-1-5-24-15(11)9-3-4-13(25-8-9)17-26-14-7-10(18(20,21)22)6-12(23)16(14)27-17/h1-8H,23H2,(H,26,27). The molecule has 4 rings (SSSR count). The number of nitrogens with one attached hydrogen (secondary N) is 1. The monoisotopic (exact) mass is 389 g/mol. The molecule has 0 spiro atoms. The van der Waals surface area contributed by atoms with Crippen molar-refractivity contribution in [1.82, 2.24) is 19.9 Å². The van der Waals surface area contributed by atoms with Crippen LogP contribution in [0, 0.1) is 0 Å². The maximum absolute atomic E-state index is 12.9. The number of hydrogen-bond donors (Lipinski definition) is 2. The van der Waals surface area contributed by atoms with Crippen molar-refractivity contribution in [2.75, 3.05) is 5.73 Å². The van der Waals surface area contributed by atoms with Crippen molar-refractivity contribution in [2.24, 2.45) is 0 Å². The Bertz CT molecular complexity index is 1140. The molecule has 136 valence electrons. The number of rotatable bonds is 2. The van der Waals surface area contributed by atoms with Gasteiger partial charge >= 0.3 is 6.18 Å². The van der Waals surface area contributed by atoms with Crippen LogP contribution in [-0.2, 0) is 6.18 Å². The van der Waals surface area contributed by atoms with Gasteiger partial charge in [-0.2, -0.15) is 13.2 Å². The summed E-state index contributed by atoms with van der Waals surface area (Å²) in [5.74, 6) is 0.315. The van der Waals surface area contributed by atoms with Crippen LogP contribution in [0.2, 0.25) is 5.02 Å². The molecule has 0 aliphatic heterocycles. The number of aromatic amines is 1. The van der Waals surface area contributed by atoms with Crippen molar-refractivity contribution >= 4 is 28.3 Å². The van der Waals surface area contributed by atoms with Crippen LogP contribution < -0.4 is 5.73 Å². The number of pyridine rings is 2. The topological polar surface area (TPSA) is 80.5 Å². The zero-order chi connectivity index (χ0) is 19.2. The predicted molar refractivity (Wildman–Crippen MR) is 97.0 cm³/mol. The number of nitrogens with zero attached hydrogens (tertiary/aromatic N) is 3. The summed E-state index contributed by atoms with van der Waals surface area (Å²) < 4.78 is 38.8. The Kier molecular flexibility index (Phi) is 4.00. The van der Waals surface area contributed by atoms with Gasteiger partial charge in [0.25, 0.3) is 0 Å². The van der Waals surface area contributed by atoms with E-state index >= 15 is 0 Å². The van der Waals surface area contributed by atoms with Gasteiger partial charge in [-0.25, -0.2) is 4.98 Å². The van der Waals surface area contributed by atoms with E-state index in [9.17, 15) is 13.2 Å². The van der Waals surface area contributed by atoms with Crippen LogP contribution in [0.25, 0.3) is 33.8 Å². The number of nitrogens with two attached hydrogens (primary N) is 1. The lowest BCUT2D eigenvalue weighted by molar-refractivity contribution is -0.137. The summed E-state index contributed by atoms with van der Waals surface area (Å²) in [5, 5.41) is 0.489. The van der Waals surface area contributed by atoms with Crippen molar-refractivity contribution in [3.05, 3.63) is 59.4 Å². The molecule has 0 bridgehead atoms. The van der Waals surface area contributed by atoms with Crippen LogP contribution in [0.15, 0.2) is 48.8 Å². The van der Waals surface area contributed by atoms with Crippen LogP contribution in [0.4, 0.5) is 18.9 Å². The normalized spacial score (nSPS) is 11.9. The molecule has 3 N–H and O–H groups in total. The smallest absolute Gasteiger partial charge is 0.397 e. The maximum atomic E-state index is 12.9. The fourth-order valence-electron chi connectivity index (χ4n) is 2.70. The first kappa shape index (κ1) is 17.3. The van der Waals surface area contributed by atoms with Gasteiger partial charge in [-0.1, -0.05) is 11.6 Å². The lowest BCUT2D eigenvalue weighted by Gasteiger charge is -2.07. The van der Waals surface area contributed by atoms with Crippen LogP contribution >= 0.6 is 11.6 Å². The SMILES string of the molecule is Nc1cc(C(F)(F)F)cc2[nH]c(-c3ccc(-c4ncccc4Cl)cn3)nc12. The average molecular weight is 390 g/mol. The van der Waals surface area contributed by atoms with E-state index in [4.69, 9.17) is 17.3 Å². The average Bonchev–Trinajstić information content (AvgIpc) is 3.06. The molecule has 0 unspecified atom stereocenters. The van der Waals surface area contributed by atoms with Gasteiger partial charge in [-0.15, -0.1) is 0 Å². The molecule has 9 heteroatoms. The number of imidazole rings is 1. The minimum atomic E-state index is -4.49. The number of alkyl halides is 3. The van der Waals surface area contributed by atoms with E-state index in [0.717, 1.165) is 12.1 Å². The second-order valence-corrected chi connectivity index (χ2v) is 6.22. The van der Waals surface area contributed by atoms with Crippen LogP contribution in [0.3, 0.4) is 0 Å². The summed E-state index contributed by atoms with van der Waals surface area (Å²) in [7, 11) is 0. The Morgan fingerprint density at radius 3 is 2.56 bits per heavy atom. The van der Waals surface area contributed by atoms with Gasteiger partial charge in [0.1, 0.15) is 11.2 Å². The highest BCUT2D eigenvalue weighted by Gasteiger charge is 2.31. The second kappa shape index (κ2) is 6.24. The van der Waals surface area contributed by atoms with Crippen molar-refractivity contribution in [3.8, 4) is 22.8 Å². The highest BCUT2D eigenvalue weighted by atomic mass is 35.5. The first-order valence-corrected chi connectivity index (χ1v) is 8.14. The van der Waals surface area contributed by atoms with Crippen molar-refractivity contribution < 1.29 is 13.2 Å². The molecular formula is C18H11ClF3N5. The molecule has 0 saturated carbocycles. The number of anilines is 1. The summed E-state index contributed by atoms with van der Waals surface area (Å²) in [5.41, 5.74) is 7.04. The summed E-state index contributed by atoms with van der Waals surface area (Å²) in [4.78, 5) is 15.6. The maximum Gasteiger partial charge on any atom is 0.416 e. The van der Waals surface area contributed by atoms with Gasteiger partial charge in [0, 0.05) is 18.0 Å². The van der Waals surface area contributed by atoms with E-state index in [2.05, 4.69) is 19.9 Å². The highest BCUT2D eigenvalue weighted by Crippen LogP contribution is 2.34. The molecule has 3 aromatic heterocycles. The van der Waals surface area contributed by atoms with Gasteiger partial charge in [0.05, 0.1) is 27.5 Å². The molecule has 3 heterocycles. The molecule has 0 aliphatic rings. The van der Waals surface area contributed by atoms with Crippen molar-refractivity contribution in [3.63, 3.8) is 0 Å². The Hall–Kier alpha value is -3.13. The molecule has 1 aromatic carbocycles. The number of fused-ring (bicyclic) bond motifs is 1. The summed E-state index contributed by atoms with van der Waals surface area (Å²) >= 11 is 6.12. The van der Waals surface area contributed by atoms with Gasteiger partial charge in [-0.05, 0) is 36.4 Å². The molecular weight excluding hydrogens is 379 g/mol. The fraction of sp³-hybridized carbons (Fsp3) is 0.0556. The Balaban J connectivity index is 1.74. The number of H-pyrrole nitrogens is 1. The first-order chi connectivity index (χ1) is 12.8. The van der Waals surface area contributed by atoms with E-state index in [0.29, 0.717) is 27.8 Å². The van der Waals surface area contributed by atoms with E-state index in [1.165, 1.54) is 0 Å². The number of halogens is 4. The Morgan fingerprint density at radius 1 is 1.07 bits per heavy atom. The van der Waals surface area contributed by atoms with Crippen molar-refractivity contribution in [1.29, 1.82) is 0 Å². The molecule has 0 amide bonds. The first-order valence-electron chi connectivity index (χ1n) is 7.76. The molecule has 0 atom stereocenters. The van der Waals surface area contributed by atoms with Crippen molar-refractivity contribution in [2.45, 2.75) is 6.18 Å². The second-order valence-electron chi connectivity index (χ2n) is 5.81. The molecule has 0 saturated heterocycles. The fourth-order valence-corrected chi connectivity index (χ4v) is 2.93. The predicted octanol–water partition coefficient (Wildman–Crippen LogP) is 4.94. The minimum Gasteiger partial charge on any atom is -0.397 e. The molecule has 0 aliphatic carbocycles. The largest absolute Gasteiger partial charge is 0.416 e.